The van der Waals surface area contributed by atoms with E-state index in [1.807, 2.05) is 0 Å². The summed E-state index contributed by atoms with van der Waals surface area (Å²) in [6, 6.07) is 14.3. The van der Waals surface area contributed by atoms with Crippen molar-refractivity contribution in [3.63, 3.8) is 0 Å². The van der Waals surface area contributed by atoms with Gasteiger partial charge in [-0.3, -0.25) is 0 Å². The van der Waals surface area contributed by atoms with Gasteiger partial charge in [0.2, 0.25) is 0 Å². The van der Waals surface area contributed by atoms with Crippen LogP contribution in [0.15, 0.2) is 36.4 Å². The molecule has 3 rings (SSSR count). The first kappa shape index (κ1) is 19.1. The highest BCUT2D eigenvalue weighted by Gasteiger charge is 2.24. The van der Waals surface area contributed by atoms with E-state index in [9.17, 15) is 0 Å². The molecule has 0 aromatic heterocycles. The molecule has 0 bridgehead atoms. The maximum absolute atomic E-state index is 3.87. The molecular weight excluding hydrogens is 316 g/mol. The molecule has 2 nitrogen and oxygen atoms in total. The predicted octanol–water partition coefficient (Wildman–Crippen LogP) is 5.11. The summed E-state index contributed by atoms with van der Waals surface area (Å²) in [5.41, 5.74) is 8.52. The Morgan fingerprint density at radius 2 is 1.00 bits per heavy atom. The van der Waals surface area contributed by atoms with Gasteiger partial charge in [-0.2, -0.15) is 0 Å². The third-order valence-corrected chi connectivity index (χ3v) is 6.14. The van der Waals surface area contributed by atoms with Gasteiger partial charge in [0.25, 0.3) is 0 Å². The van der Waals surface area contributed by atoms with Crippen molar-refractivity contribution in [1.29, 1.82) is 0 Å². The van der Waals surface area contributed by atoms with Crippen LogP contribution in [-0.2, 0) is 13.1 Å². The lowest BCUT2D eigenvalue weighted by Gasteiger charge is -2.34. The smallest absolute Gasteiger partial charge is 0.0224 e. The predicted molar refractivity (Wildman–Crippen MR) is 112 cm³/mol. The molecule has 2 N–H and O–H groups in total. The van der Waals surface area contributed by atoms with Crippen LogP contribution >= 0.6 is 0 Å². The molecule has 0 saturated heterocycles. The van der Waals surface area contributed by atoms with E-state index in [1.54, 1.807) is 0 Å². The second-order valence-corrected chi connectivity index (χ2v) is 8.00. The van der Waals surface area contributed by atoms with Crippen molar-refractivity contribution in [1.82, 2.24) is 10.6 Å². The standard InChI is InChI=1S/C24H34N2/c1-17-9-7-10-18(2)21(17)15-25-23-13-5-6-14-24(23)26-16-22-19(3)11-8-12-20(22)4/h7-12,23-26H,5-6,13-16H2,1-4H3/t23-,24-/m1/s1. The van der Waals surface area contributed by atoms with Crippen molar-refractivity contribution in [3.8, 4) is 0 Å². The van der Waals surface area contributed by atoms with E-state index in [4.69, 9.17) is 0 Å². The molecule has 2 aromatic carbocycles. The fourth-order valence-electron chi connectivity index (χ4n) is 4.34. The van der Waals surface area contributed by atoms with Crippen molar-refractivity contribution < 1.29 is 0 Å². The Labute approximate surface area is 159 Å². The SMILES string of the molecule is Cc1cccc(C)c1CN[C@@H]1CCCC[C@H]1NCc1c(C)cccc1C. The fourth-order valence-corrected chi connectivity index (χ4v) is 4.34. The van der Waals surface area contributed by atoms with Crippen LogP contribution in [0.3, 0.4) is 0 Å². The van der Waals surface area contributed by atoms with Crippen molar-refractivity contribution in [2.24, 2.45) is 0 Å². The normalized spacial score (nSPS) is 20.3. The van der Waals surface area contributed by atoms with Gasteiger partial charge in [0, 0.05) is 25.2 Å². The molecule has 0 amide bonds. The van der Waals surface area contributed by atoms with Crippen molar-refractivity contribution >= 4 is 0 Å². The molecule has 2 atom stereocenters. The molecule has 0 spiro atoms. The van der Waals surface area contributed by atoms with Gasteiger partial charge in [-0.15, -0.1) is 0 Å². The molecule has 2 heteroatoms. The van der Waals surface area contributed by atoms with E-state index in [2.05, 4.69) is 74.7 Å². The molecule has 0 aliphatic heterocycles. The van der Waals surface area contributed by atoms with Gasteiger partial charge in [-0.25, -0.2) is 0 Å². The first-order chi connectivity index (χ1) is 12.6. The minimum absolute atomic E-state index is 0.562. The van der Waals surface area contributed by atoms with Crippen LogP contribution in [0, 0.1) is 27.7 Å². The van der Waals surface area contributed by atoms with Crippen molar-refractivity contribution in [3.05, 3.63) is 69.8 Å². The van der Waals surface area contributed by atoms with Crippen LogP contribution < -0.4 is 10.6 Å². The average molecular weight is 351 g/mol. The topological polar surface area (TPSA) is 24.1 Å². The molecule has 26 heavy (non-hydrogen) atoms. The Morgan fingerprint density at radius 1 is 0.654 bits per heavy atom. The Hall–Kier alpha value is -1.64. The maximum atomic E-state index is 3.87. The van der Waals surface area contributed by atoms with Crippen LogP contribution in [-0.4, -0.2) is 12.1 Å². The van der Waals surface area contributed by atoms with E-state index in [1.165, 1.54) is 59.1 Å². The van der Waals surface area contributed by atoms with Crippen LogP contribution in [0.5, 0.6) is 0 Å². The third kappa shape index (κ3) is 4.55. The van der Waals surface area contributed by atoms with Crippen molar-refractivity contribution in [2.75, 3.05) is 0 Å². The highest BCUT2D eigenvalue weighted by atomic mass is 15.0. The van der Waals surface area contributed by atoms with Gasteiger partial charge in [-0.1, -0.05) is 49.2 Å². The summed E-state index contributed by atoms with van der Waals surface area (Å²) >= 11 is 0. The summed E-state index contributed by atoms with van der Waals surface area (Å²) in [7, 11) is 0. The maximum Gasteiger partial charge on any atom is 0.0224 e. The molecule has 0 unspecified atom stereocenters. The molecule has 1 aliphatic carbocycles. The first-order valence-corrected chi connectivity index (χ1v) is 10.1. The Balaban J connectivity index is 1.63. The van der Waals surface area contributed by atoms with Crippen LogP contribution in [0.25, 0.3) is 0 Å². The van der Waals surface area contributed by atoms with Crippen LogP contribution in [0.2, 0.25) is 0 Å². The van der Waals surface area contributed by atoms with E-state index < -0.39 is 0 Å². The summed E-state index contributed by atoms with van der Waals surface area (Å²) < 4.78 is 0. The van der Waals surface area contributed by atoms with Gasteiger partial charge in [0.05, 0.1) is 0 Å². The van der Waals surface area contributed by atoms with Crippen molar-refractivity contribution in [2.45, 2.75) is 78.6 Å². The number of aryl methyl sites for hydroxylation is 4. The van der Waals surface area contributed by atoms with Gasteiger partial charge in [0.15, 0.2) is 0 Å². The summed E-state index contributed by atoms with van der Waals surface area (Å²) in [6.45, 7) is 10.8. The van der Waals surface area contributed by atoms with E-state index >= 15 is 0 Å². The van der Waals surface area contributed by atoms with Gasteiger partial charge < -0.3 is 10.6 Å². The lowest BCUT2D eigenvalue weighted by molar-refractivity contribution is 0.280. The molecule has 0 heterocycles. The first-order valence-electron chi connectivity index (χ1n) is 10.1. The fraction of sp³-hybridized carbons (Fsp3) is 0.500. The van der Waals surface area contributed by atoms with Gasteiger partial charge in [-0.05, 0) is 73.9 Å². The molecule has 1 fully saturated rings. The van der Waals surface area contributed by atoms with E-state index in [0.29, 0.717) is 12.1 Å². The van der Waals surface area contributed by atoms with E-state index in [-0.39, 0.29) is 0 Å². The number of nitrogens with one attached hydrogen (secondary N) is 2. The van der Waals surface area contributed by atoms with Crippen LogP contribution in [0.4, 0.5) is 0 Å². The Morgan fingerprint density at radius 3 is 1.35 bits per heavy atom. The summed E-state index contributed by atoms with van der Waals surface area (Å²) in [5.74, 6) is 0. The largest absolute Gasteiger partial charge is 0.308 e. The summed E-state index contributed by atoms with van der Waals surface area (Å²) in [6.07, 6.45) is 5.22. The Kier molecular flexibility index (Phi) is 6.50. The molecule has 2 aromatic rings. The number of hydrogen-bond acceptors (Lipinski definition) is 2. The van der Waals surface area contributed by atoms with E-state index in [0.717, 1.165) is 13.1 Å². The molecule has 1 saturated carbocycles. The molecule has 0 radical (unpaired) electrons. The zero-order valence-corrected chi connectivity index (χ0v) is 16.9. The average Bonchev–Trinajstić information content (AvgIpc) is 2.62. The summed E-state index contributed by atoms with van der Waals surface area (Å²) in [4.78, 5) is 0. The third-order valence-electron chi connectivity index (χ3n) is 6.14. The zero-order chi connectivity index (χ0) is 18.5. The summed E-state index contributed by atoms with van der Waals surface area (Å²) in [5, 5.41) is 7.75. The van der Waals surface area contributed by atoms with Gasteiger partial charge in [0.1, 0.15) is 0 Å². The minimum Gasteiger partial charge on any atom is -0.308 e. The number of hydrogen-bond donors (Lipinski definition) is 2. The quantitative estimate of drug-likeness (QED) is 0.756. The second kappa shape index (κ2) is 8.83. The Bertz CT molecular complexity index is 631. The monoisotopic (exact) mass is 350 g/mol. The lowest BCUT2D eigenvalue weighted by Crippen LogP contribution is -2.49. The molecule has 1 aliphatic rings. The minimum atomic E-state index is 0.562. The highest BCUT2D eigenvalue weighted by Crippen LogP contribution is 2.22. The van der Waals surface area contributed by atoms with Crippen LogP contribution in [0.1, 0.15) is 59.1 Å². The number of rotatable bonds is 6. The molecule has 140 valence electrons. The molecular formula is C24H34N2. The van der Waals surface area contributed by atoms with Gasteiger partial charge >= 0.3 is 0 Å². The zero-order valence-electron chi connectivity index (χ0n) is 16.9. The highest BCUT2D eigenvalue weighted by molar-refractivity contribution is 5.34. The number of benzene rings is 2. The second-order valence-electron chi connectivity index (χ2n) is 8.00. The lowest BCUT2D eigenvalue weighted by atomic mass is 9.89.